The normalized spacial score (nSPS) is 24.1. The molecule has 1 unspecified atom stereocenters. The molecule has 1 aliphatic heterocycles. The van der Waals surface area contributed by atoms with Crippen molar-refractivity contribution in [1.82, 2.24) is 20.0 Å². The fourth-order valence-corrected chi connectivity index (χ4v) is 1.96. The highest BCUT2D eigenvalue weighted by Crippen LogP contribution is 2.19. The van der Waals surface area contributed by atoms with Gasteiger partial charge in [0.2, 0.25) is 0 Å². The maximum Gasteiger partial charge on any atom is 0.0540 e. The molecule has 1 saturated heterocycles. The molecule has 4 heteroatoms. The average molecular weight is 194 g/mol. The predicted octanol–water partition coefficient (Wildman–Crippen LogP) is 0.305. The van der Waals surface area contributed by atoms with Crippen LogP contribution >= 0.6 is 0 Å². The van der Waals surface area contributed by atoms with E-state index in [1.807, 2.05) is 17.9 Å². The van der Waals surface area contributed by atoms with Crippen LogP contribution in [0.5, 0.6) is 0 Å². The topological polar surface area (TPSA) is 33.1 Å². The smallest absolute Gasteiger partial charge is 0.0540 e. The Labute approximate surface area is 84.9 Å². The summed E-state index contributed by atoms with van der Waals surface area (Å²) in [6.07, 6.45) is 1.98. The van der Waals surface area contributed by atoms with Gasteiger partial charge in [0.05, 0.1) is 6.20 Å². The lowest BCUT2D eigenvalue weighted by Crippen LogP contribution is -2.43. The Balaban J connectivity index is 2.18. The Morgan fingerprint density at radius 2 is 2.29 bits per heavy atom. The fraction of sp³-hybridized carbons (Fsp3) is 0.700. The molecule has 0 spiro atoms. The van der Waals surface area contributed by atoms with E-state index in [1.165, 1.54) is 11.3 Å². The van der Waals surface area contributed by atoms with E-state index in [-0.39, 0.29) is 0 Å². The maximum absolute atomic E-state index is 4.27. The zero-order valence-electron chi connectivity index (χ0n) is 9.12. The van der Waals surface area contributed by atoms with Crippen molar-refractivity contribution in [1.29, 1.82) is 0 Å². The maximum atomic E-state index is 4.27. The minimum absolute atomic E-state index is 0.447. The summed E-state index contributed by atoms with van der Waals surface area (Å²) < 4.78 is 1.94. The summed E-state index contributed by atoms with van der Waals surface area (Å²) in [5.74, 6) is 0. The molecule has 1 aromatic heterocycles. The van der Waals surface area contributed by atoms with Crippen LogP contribution in [0.3, 0.4) is 0 Å². The van der Waals surface area contributed by atoms with Gasteiger partial charge in [0.25, 0.3) is 0 Å². The van der Waals surface area contributed by atoms with Crippen molar-refractivity contribution in [2.75, 3.05) is 26.7 Å². The van der Waals surface area contributed by atoms with Crippen LogP contribution in [0.25, 0.3) is 0 Å². The molecule has 0 aliphatic carbocycles. The first-order valence-corrected chi connectivity index (χ1v) is 5.09. The molecule has 4 nitrogen and oxygen atoms in total. The Bertz CT molecular complexity index is 318. The lowest BCUT2D eigenvalue weighted by Gasteiger charge is -2.30. The van der Waals surface area contributed by atoms with Gasteiger partial charge in [-0.05, 0) is 14.0 Å². The van der Waals surface area contributed by atoms with Gasteiger partial charge in [-0.1, -0.05) is 0 Å². The highest BCUT2D eigenvalue weighted by atomic mass is 15.3. The zero-order chi connectivity index (χ0) is 10.1. The molecule has 78 valence electrons. The third-order valence-electron chi connectivity index (χ3n) is 3.03. The summed E-state index contributed by atoms with van der Waals surface area (Å²) in [4.78, 5) is 2.35. The van der Waals surface area contributed by atoms with Crippen molar-refractivity contribution in [3.63, 3.8) is 0 Å². The first kappa shape index (κ1) is 9.68. The molecule has 1 aromatic rings. The van der Waals surface area contributed by atoms with Crippen LogP contribution in [0.15, 0.2) is 6.20 Å². The number of hydrogen-bond donors (Lipinski definition) is 1. The van der Waals surface area contributed by atoms with E-state index in [0.717, 1.165) is 19.6 Å². The molecule has 0 aromatic carbocycles. The summed E-state index contributed by atoms with van der Waals surface area (Å²) in [6, 6.07) is 0.447. The predicted molar refractivity (Wildman–Crippen MR) is 56.2 cm³/mol. The molecular weight excluding hydrogens is 176 g/mol. The molecule has 0 bridgehead atoms. The number of piperazine rings is 1. The van der Waals surface area contributed by atoms with E-state index in [4.69, 9.17) is 0 Å². The summed E-state index contributed by atoms with van der Waals surface area (Å²) in [5.41, 5.74) is 2.59. The minimum atomic E-state index is 0.447. The fourth-order valence-electron chi connectivity index (χ4n) is 1.96. The van der Waals surface area contributed by atoms with Crippen LogP contribution in [0.2, 0.25) is 0 Å². The van der Waals surface area contributed by atoms with E-state index in [1.54, 1.807) is 0 Å². The highest BCUT2D eigenvalue weighted by molar-refractivity contribution is 5.21. The molecule has 1 aliphatic rings. The van der Waals surface area contributed by atoms with Crippen molar-refractivity contribution in [3.8, 4) is 0 Å². The molecule has 1 atom stereocenters. The molecule has 0 amide bonds. The van der Waals surface area contributed by atoms with Crippen LogP contribution in [-0.2, 0) is 7.05 Å². The zero-order valence-corrected chi connectivity index (χ0v) is 9.12. The van der Waals surface area contributed by atoms with Crippen LogP contribution in [-0.4, -0.2) is 41.4 Å². The average Bonchev–Trinajstić information content (AvgIpc) is 2.48. The van der Waals surface area contributed by atoms with Crippen molar-refractivity contribution in [3.05, 3.63) is 17.5 Å². The van der Waals surface area contributed by atoms with Gasteiger partial charge in [0.15, 0.2) is 0 Å². The standard InChI is InChI=1S/C10H18N4/c1-8-9(6-12-14(8)3)10-7-13(2)5-4-11-10/h6,10-11H,4-5,7H2,1-3H3. The highest BCUT2D eigenvalue weighted by Gasteiger charge is 2.21. The molecule has 1 fully saturated rings. The second-order valence-electron chi connectivity index (χ2n) is 4.08. The monoisotopic (exact) mass is 194 g/mol. The van der Waals surface area contributed by atoms with Gasteiger partial charge in [-0.15, -0.1) is 0 Å². The number of aryl methyl sites for hydroxylation is 1. The van der Waals surface area contributed by atoms with Crippen LogP contribution in [0, 0.1) is 6.92 Å². The van der Waals surface area contributed by atoms with Crippen LogP contribution in [0.1, 0.15) is 17.3 Å². The molecule has 0 radical (unpaired) electrons. The number of aromatic nitrogens is 2. The van der Waals surface area contributed by atoms with Gasteiger partial charge < -0.3 is 10.2 Å². The van der Waals surface area contributed by atoms with Gasteiger partial charge in [-0.3, -0.25) is 4.68 Å². The van der Waals surface area contributed by atoms with Gasteiger partial charge in [0.1, 0.15) is 0 Å². The van der Waals surface area contributed by atoms with Crippen molar-refractivity contribution in [2.24, 2.45) is 7.05 Å². The molecule has 0 saturated carbocycles. The summed E-state index contributed by atoms with van der Waals surface area (Å²) in [7, 11) is 4.16. The number of rotatable bonds is 1. The number of nitrogens with one attached hydrogen (secondary N) is 1. The second-order valence-corrected chi connectivity index (χ2v) is 4.08. The summed E-state index contributed by atoms with van der Waals surface area (Å²) >= 11 is 0. The number of hydrogen-bond acceptors (Lipinski definition) is 3. The molecule has 14 heavy (non-hydrogen) atoms. The Morgan fingerprint density at radius 3 is 2.86 bits per heavy atom. The van der Waals surface area contributed by atoms with Crippen LogP contribution < -0.4 is 5.32 Å². The van der Waals surface area contributed by atoms with Crippen molar-refractivity contribution in [2.45, 2.75) is 13.0 Å². The largest absolute Gasteiger partial charge is 0.307 e. The van der Waals surface area contributed by atoms with Gasteiger partial charge in [0, 0.05) is 44.0 Å². The first-order valence-electron chi connectivity index (χ1n) is 5.09. The molecule has 2 heterocycles. The SMILES string of the molecule is Cc1c(C2CN(C)CCN2)cnn1C. The Morgan fingerprint density at radius 1 is 1.50 bits per heavy atom. The third-order valence-corrected chi connectivity index (χ3v) is 3.03. The van der Waals surface area contributed by atoms with E-state index >= 15 is 0 Å². The van der Waals surface area contributed by atoms with E-state index in [0.29, 0.717) is 6.04 Å². The Kier molecular flexibility index (Phi) is 2.56. The summed E-state index contributed by atoms with van der Waals surface area (Å²) in [6.45, 7) is 5.40. The van der Waals surface area contributed by atoms with E-state index in [9.17, 15) is 0 Å². The van der Waals surface area contributed by atoms with Crippen molar-refractivity contribution >= 4 is 0 Å². The first-order chi connectivity index (χ1) is 6.68. The van der Waals surface area contributed by atoms with E-state index < -0.39 is 0 Å². The van der Waals surface area contributed by atoms with Crippen LogP contribution in [0.4, 0.5) is 0 Å². The summed E-state index contributed by atoms with van der Waals surface area (Å²) in [5, 5.41) is 7.80. The lowest BCUT2D eigenvalue weighted by atomic mass is 10.1. The minimum Gasteiger partial charge on any atom is -0.307 e. The number of likely N-dealkylation sites (N-methyl/N-ethyl adjacent to an activating group) is 1. The second kappa shape index (κ2) is 3.71. The van der Waals surface area contributed by atoms with Crippen molar-refractivity contribution < 1.29 is 0 Å². The lowest BCUT2D eigenvalue weighted by molar-refractivity contribution is 0.240. The third kappa shape index (κ3) is 1.67. The van der Waals surface area contributed by atoms with Gasteiger partial charge >= 0.3 is 0 Å². The van der Waals surface area contributed by atoms with Gasteiger partial charge in [-0.2, -0.15) is 5.10 Å². The molecule has 1 N–H and O–H groups in total. The van der Waals surface area contributed by atoms with Gasteiger partial charge in [-0.25, -0.2) is 0 Å². The van der Waals surface area contributed by atoms with E-state index in [2.05, 4.69) is 29.3 Å². The quantitative estimate of drug-likeness (QED) is 0.698. The Hall–Kier alpha value is -0.870. The molecule has 2 rings (SSSR count). The molecular formula is C10H18N4. The number of nitrogens with zero attached hydrogens (tertiary/aromatic N) is 3.